The maximum Gasteiger partial charge on any atom is 0.167 e. The number of hydrogen-bond acceptors (Lipinski definition) is 15. The topological polar surface area (TPSA) is 237 Å². The second kappa shape index (κ2) is 18.3. The molecule has 15 nitrogen and oxygen atoms in total. The van der Waals surface area contributed by atoms with E-state index in [-0.39, 0.29) is 57.5 Å². The molecule has 0 amide bonds. The van der Waals surface area contributed by atoms with Gasteiger partial charge in [0.1, 0.15) is 23.7 Å². The molecule has 2 aliphatic heterocycles. The van der Waals surface area contributed by atoms with E-state index in [0.29, 0.717) is 46.6 Å². The molecule has 0 saturated carbocycles. The van der Waals surface area contributed by atoms with Gasteiger partial charge in [-0.05, 0) is 83.3 Å². The number of hydrogen-bond donors (Lipinski definition) is 9. The summed E-state index contributed by atoms with van der Waals surface area (Å²) in [5, 5.41) is 93.0. The molecular weight excluding hydrogens is 744 g/mol. The van der Waals surface area contributed by atoms with E-state index in [4.69, 9.17) is 28.4 Å². The van der Waals surface area contributed by atoms with Crippen LogP contribution in [0.5, 0.6) is 34.5 Å². The largest absolute Gasteiger partial charge is 0.508 e. The van der Waals surface area contributed by atoms with Crippen LogP contribution in [0.3, 0.4) is 0 Å². The Morgan fingerprint density at radius 2 is 1.04 bits per heavy atom. The molecule has 4 unspecified atom stereocenters. The zero-order valence-corrected chi connectivity index (χ0v) is 31.8. The molecule has 2 saturated heterocycles. The van der Waals surface area contributed by atoms with Crippen LogP contribution in [0.1, 0.15) is 68.9 Å². The van der Waals surface area contributed by atoms with E-state index < -0.39 is 69.7 Å². The number of benzene rings is 4. The lowest BCUT2D eigenvalue weighted by atomic mass is 9.84. The van der Waals surface area contributed by atoms with Crippen molar-refractivity contribution in [3.8, 4) is 34.5 Å². The second-order valence-electron chi connectivity index (χ2n) is 14.2. The van der Waals surface area contributed by atoms with Crippen molar-refractivity contribution in [2.24, 2.45) is 11.8 Å². The van der Waals surface area contributed by atoms with Gasteiger partial charge in [-0.25, -0.2) is 0 Å². The van der Waals surface area contributed by atoms with Crippen molar-refractivity contribution in [2.45, 2.75) is 63.4 Å². The molecule has 9 N–H and O–H groups in total. The summed E-state index contributed by atoms with van der Waals surface area (Å²) in [6.45, 7) is -0.228. The molecule has 8 atom stereocenters. The maximum absolute atomic E-state index is 11.1. The number of aliphatic hydroxyl groups is 7. The molecule has 0 aromatic heterocycles. The molecule has 4 aromatic rings. The van der Waals surface area contributed by atoms with Crippen LogP contribution in [0.4, 0.5) is 0 Å². The molecule has 2 aliphatic rings. The molecule has 2 heterocycles. The zero-order chi connectivity index (χ0) is 41.0. The number of ether oxygens (including phenoxy) is 6. The highest BCUT2D eigenvalue weighted by Crippen LogP contribution is 2.53. The Morgan fingerprint density at radius 1 is 0.596 bits per heavy atom. The van der Waals surface area contributed by atoms with Crippen LogP contribution in [-0.2, 0) is 29.3 Å². The summed E-state index contributed by atoms with van der Waals surface area (Å²) < 4.78 is 36.3. The fourth-order valence-corrected chi connectivity index (χ4v) is 7.65. The van der Waals surface area contributed by atoms with E-state index in [0.717, 1.165) is 0 Å². The highest BCUT2D eigenvalue weighted by molar-refractivity contribution is 5.52. The van der Waals surface area contributed by atoms with E-state index in [1.165, 1.54) is 44.6 Å². The van der Waals surface area contributed by atoms with Gasteiger partial charge in [0.05, 0.1) is 72.7 Å². The molecule has 15 heteroatoms. The predicted molar refractivity (Wildman–Crippen MR) is 202 cm³/mol. The molecule has 2 fully saturated rings. The zero-order valence-electron chi connectivity index (χ0n) is 31.8. The van der Waals surface area contributed by atoms with Crippen molar-refractivity contribution >= 4 is 0 Å². The van der Waals surface area contributed by atoms with Crippen LogP contribution in [0.15, 0.2) is 60.7 Å². The lowest BCUT2D eigenvalue weighted by Gasteiger charge is -2.26. The quantitative estimate of drug-likeness (QED) is 0.0747. The summed E-state index contributed by atoms with van der Waals surface area (Å²) in [7, 11) is 2.87. The van der Waals surface area contributed by atoms with Crippen LogP contribution in [0.2, 0.25) is 0 Å². The van der Waals surface area contributed by atoms with E-state index >= 15 is 0 Å². The average Bonchev–Trinajstić information content (AvgIpc) is 3.85. The lowest BCUT2D eigenvalue weighted by molar-refractivity contribution is -0.00184. The first-order valence-corrected chi connectivity index (χ1v) is 18.5. The Kier molecular flexibility index (Phi) is 13.4. The molecular formula is C42H50O15. The van der Waals surface area contributed by atoms with Gasteiger partial charge >= 0.3 is 0 Å². The van der Waals surface area contributed by atoms with Gasteiger partial charge in [0.25, 0.3) is 0 Å². The lowest BCUT2D eigenvalue weighted by Crippen LogP contribution is -2.30. The third-order valence-corrected chi connectivity index (χ3v) is 10.8. The highest BCUT2D eigenvalue weighted by atomic mass is 16.5. The van der Waals surface area contributed by atoms with Crippen LogP contribution >= 0.6 is 0 Å². The van der Waals surface area contributed by atoms with Gasteiger partial charge in [-0.2, -0.15) is 0 Å². The van der Waals surface area contributed by atoms with Gasteiger partial charge in [-0.15, -0.1) is 0 Å². The Labute approximate surface area is 329 Å². The third kappa shape index (κ3) is 8.48. The van der Waals surface area contributed by atoms with Crippen molar-refractivity contribution in [2.75, 3.05) is 40.6 Å². The average molecular weight is 795 g/mol. The first kappa shape index (κ1) is 41.9. The first-order valence-electron chi connectivity index (χ1n) is 18.5. The molecule has 4 aromatic carbocycles. The third-order valence-electron chi connectivity index (χ3n) is 10.8. The number of rotatable bonds is 17. The summed E-state index contributed by atoms with van der Waals surface area (Å²) in [5.41, 5.74) is 3.49. The molecule has 0 bridgehead atoms. The smallest absolute Gasteiger partial charge is 0.167 e. The van der Waals surface area contributed by atoms with Crippen molar-refractivity contribution in [1.29, 1.82) is 0 Å². The van der Waals surface area contributed by atoms with Gasteiger partial charge in [0.2, 0.25) is 0 Å². The van der Waals surface area contributed by atoms with Crippen molar-refractivity contribution in [1.82, 2.24) is 0 Å². The van der Waals surface area contributed by atoms with Gasteiger partial charge < -0.3 is 74.4 Å². The number of phenolic OH excluding ortho intramolecular Hbond substituents is 1. The van der Waals surface area contributed by atoms with Gasteiger partial charge in [0.15, 0.2) is 35.2 Å². The number of fused-ring (bicyclic) bond motifs is 1. The number of methoxy groups -OCH3 is 2. The Balaban J connectivity index is 1.22. The van der Waals surface area contributed by atoms with Gasteiger partial charge in [-0.3, -0.25) is 0 Å². The molecule has 57 heavy (non-hydrogen) atoms. The molecule has 6 rings (SSSR count). The fraction of sp³-hybridized carbons (Fsp3) is 0.429. The minimum atomic E-state index is -1.37. The first-order chi connectivity index (χ1) is 27.5. The van der Waals surface area contributed by atoms with E-state index in [1.54, 1.807) is 37.3 Å². The van der Waals surface area contributed by atoms with Crippen molar-refractivity contribution < 1.29 is 74.4 Å². The minimum Gasteiger partial charge on any atom is -0.508 e. The normalized spacial score (nSPS) is 21.1. The predicted octanol–water partition coefficient (Wildman–Crippen LogP) is 2.92. The summed E-state index contributed by atoms with van der Waals surface area (Å²) >= 11 is 0. The number of phenols is 2. The van der Waals surface area contributed by atoms with Crippen LogP contribution in [-0.4, -0.2) is 98.8 Å². The molecule has 308 valence electrons. The molecule has 0 radical (unpaired) electrons. The monoisotopic (exact) mass is 794 g/mol. The van der Waals surface area contributed by atoms with Crippen LogP contribution < -0.4 is 18.9 Å². The molecule has 0 aliphatic carbocycles. The summed E-state index contributed by atoms with van der Waals surface area (Å²) in [5.74, 6) is 0.390. The van der Waals surface area contributed by atoms with Gasteiger partial charge in [-0.1, -0.05) is 12.1 Å². The Hall–Kier alpha value is -4.68. The minimum absolute atomic E-state index is 0.0666. The fourth-order valence-electron chi connectivity index (χ4n) is 7.65. The summed E-state index contributed by atoms with van der Waals surface area (Å²) in [6.07, 6.45) is -5.91. The summed E-state index contributed by atoms with van der Waals surface area (Å²) in [6, 6.07) is 15.7. The van der Waals surface area contributed by atoms with E-state index in [2.05, 4.69) is 0 Å². The molecule has 0 spiro atoms. The number of aryl methyl sites for hydroxylation is 1. The highest BCUT2D eigenvalue weighted by Gasteiger charge is 2.49. The Morgan fingerprint density at radius 3 is 1.44 bits per heavy atom. The standard InChI is InChI=1S/C42H50O15/c1-21-8-22(4-6-31(21)48)37(50)35(17-46)56-41-27(15-44)10-24(12-33(41)52-2)39-29-19-55-40(30(29)20-54-39)25-11-28(16-45)42(34(13-25)53-3)57-36(18-47)38(51)23-5-7-32(49)26(9-23)14-43/h4-13,29-30,35-40,43-51H,14-20H2,1-3H3/t29-,30-,35?,36?,37?,38?,39+,40+/m0/s1. The van der Waals surface area contributed by atoms with E-state index in [1.807, 2.05) is 0 Å². The number of aliphatic hydroxyl groups excluding tert-OH is 7. The van der Waals surface area contributed by atoms with Crippen LogP contribution in [0.25, 0.3) is 0 Å². The van der Waals surface area contributed by atoms with Crippen molar-refractivity contribution in [3.05, 3.63) is 105 Å². The SMILES string of the molecule is COc1cc([C@H]2OC[C@H]3[C@@H]2CO[C@@H]3c2cc(CO)c(OC(CO)C(O)c3ccc(O)c(CO)c3)c(OC)c2)cc(CO)c1OC(CO)C(O)c1ccc(O)c(C)c1. The second-order valence-corrected chi connectivity index (χ2v) is 14.2. The Bertz CT molecular complexity index is 1950. The maximum atomic E-state index is 11.1. The van der Waals surface area contributed by atoms with Crippen molar-refractivity contribution in [3.63, 3.8) is 0 Å². The van der Waals surface area contributed by atoms with E-state index in [9.17, 15) is 46.0 Å². The van der Waals surface area contributed by atoms with Crippen LogP contribution in [0, 0.1) is 18.8 Å². The van der Waals surface area contributed by atoms with Gasteiger partial charge in [0, 0.05) is 28.5 Å². The summed E-state index contributed by atoms with van der Waals surface area (Å²) in [4.78, 5) is 0. The number of aromatic hydroxyl groups is 2.